The Morgan fingerprint density at radius 3 is 3.15 bits per heavy atom. The molecule has 0 unspecified atom stereocenters. The summed E-state index contributed by atoms with van der Waals surface area (Å²) < 4.78 is 1.86. The van der Waals surface area contributed by atoms with Crippen molar-refractivity contribution < 1.29 is 9.90 Å². The molecule has 0 bridgehead atoms. The molecule has 2 atom stereocenters. The number of aromatic nitrogens is 4. The van der Waals surface area contributed by atoms with E-state index in [1.54, 1.807) is 18.7 Å². The predicted octanol–water partition coefficient (Wildman–Crippen LogP) is 0.815. The summed E-state index contributed by atoms with van der Waals surface area (Å²) in [6.45, 7) is 1.32. The van der Waals surface area contributed by atoms with Crippen molar-refractivity contribution in [1.29, 1.82) is 0 Å². The fourth-order valence-electron chi connectivity index (χ4n) is 3.79. The summed E-state index contributed by atoms with van der Waals surface area (Å²) >= 11 is 0. The summed E-state index contributed by atoms with van der Waals surface area (Å²) in [6, 6.07) is 0. The highest BCUT2D eigenvalue weighted by atomic mass is 16.4. The van der Waals surface area contributed by atoms with Gasteiger partial charge < -0.3 is 10.0 Å². The molecule has 1 saturated carbocycles. The SMILES string of the molecule is O=C(O)[C@@]12CCC[C@H]1CN(c1cncc3nncn13)C2. The Kier molecular flexibility index (Phi) is 2.27. The molecule has 3 heterocycles. The van der Waals surface area contributed by atoms with Crippen LogP contribution < -0.4 is 4.90 Å². The number of carboxylic acids is 1. The van der Waals surface area contributed by atoms with Gasteiger partial charge in [-0.25, -0.2) is 0 Å². The maximum absolute atomic E-state index is 11.7. The molecule has 0 amide bonds. The van der Waals surface area contributed by atoms with Gasteiger partial charge >= 0.3 is 5.97 Å². The average molecular weight is 273 g/mol. The fourth-order valence-corrected chi connectivity index (χ4v) is 3.79. The number of hydrogen-bond acceptors (Lipinski definition) is 5. The first-order valence-corrected chi connectivity index (χ1v) is 6.83. The largest absolute Gasteiger partial charge is 0.481 e. The number of rotatable bonds is 2. The van der Waals surface area contributed by atoms with E-state index >= 15 is 0 Å². The number of aliphatic carboxylic acids is 1. The van der Waals surface area contributed by atoms with Gasteiger partial charge in [-0.05, 0) is 18.8 Å². The van der Waals surface area contributed by atoms with Gasteiger partial charge in [-0.1, -0.05) is 6.42 Å². The van der Waals surface area contributed by atoms with Crippen LogP contribution in [0.2, 0.25) is 0 Å². The van der Waals surface area contributed by atoms with E-state index in [9.17, 15) is 9.90 Å². The molecule has 7 nitrogen and oxygen atoms in total. The van der Waals surface area contributed by atoms with Gasteiger partial charge in [0.15, 0.2) is 5.65 Å². The van der Waals surface area contributed by atoms with Gasteiger partial charge in [-0.3, -0.25) is 14.2 Å². The summed E-state index contributed by atoms with van der Waals surface area (Å²) in [6.07, 6.45) is 7.84. The Morgan fingerprint density at radius 2 is 2.35 bits per heavy atom. The summed E-state index contributed by atoms with van der Waals surface area (Å²) in [5, 5.41) is 17.5. The zero-order valence-electron chi connectivity index (χ0n) is 10.9. The number of nitrogens with zero attached hydrogens (tertiary/aromatic N) is 5. The topological polar surface area (TPSA) is 83.6 Å². The van der Waals surface area contributed by atoms with Gasteiger partial charge in [0.2, 0.25) is 0 Å². The van der Waals surface area contributed by atoms with E-state index in [-0.39, 0.29) is 5.92 Å². The minimum absolute atomic E-state index is 0.228. The Bertz CT molecular complexity index is 684. The van der Waals surface area contributed by atoms with Crippen LogP contribution in [0, 0.1) is 11.3 Å². The van der Waals surface area contributed by atoms with Crippen molar-refractivity contribution in [2.45, 2.75) is 19.3 Å². The molecule has 20 heavy (non-hydrogen) atoms. The maximum Gasteiger partial charge on any atom is 0.311 e. The van der Waals surface area contributed by atoms with Gasteiger partial charge in [0.25, 0.3) is 0 Å². The lowest BCUT2D eigenvalue weighted by molar-refractivity contribution is -0.149. The first kappa shape index (κ1) is 11.6. The van der Waals surface area contributed by atoms with Crippen molar-refractivity contribution in [3.8, 4) is 0 Å². The van der Waals surface area contributed by atoms with Crippen LogP contribution in [-0.2, 0) is 4.79 Å². The second-order valence-electron chi connectivity index (χ2n) is 5.76. The standard InChI is InChI=1S/C13H15N5O2/c19-12(20)13-3-1-2-9(13)6-17(7-13)11-5-14-4-10-16-15-8-18(10)11/h4-5,8-9H,1-3,6-7H2,(H,19,20)/t9-,13+/m0/s1. The molecule has 0 aromatic carbocycles. The van der Waals surface area contributed by atoms with E-state index in [4.69, 9.17) is 0 Å². The van der Waals surface area contributed by atoms with Gasteiger partial charge in [0.1, 0.15) is 12.1 Å². The Morgan fingerprint density at radius 1 is 1.45 bits per heavy atom. The normalized spacial score (nSPS) is 29.0. The summed E-state index contributed by atoms with van der Waals surface area (Å²) in [4.78, 5) is 18.0. The van der Waals surface area contributed by atoms with Crippen LogP contribution in [0.4, 0.5) is 5.82 Å². The van der Waals surface area contributed by atoms with Crippen molar-refractivity contribution >= 4 is 17.4 Å². The van der Waals surface area contributed by atoms with E-state index in [0.29, 0.717) is 12.2 Å². The molecule has 1 aliphatic carbocycles. The number of carbonyl (C=O) groups is 1. The third kappa shape index (κ3) is 1.40. The second-order valence-corrected chi connectivity index (χ2v) is 5.76. The molecule has 4 rings (SSSR count). The Hall–Kier alpha value is -2.18. The zero-order chi connectivity index (χ0) is 13.7. The van der Waals surface area contributed by atoms with Crippen LogP contribution in [0.15, 0.2) is 18.7 Å². The first-order valence-electron chi connectivity index (χ1n) is 6.83. The number of hydrogen-bond donors (Lipinski definition) is 1. The lowest BCUT2D eigenvalue weighted by Crippen LogP contribution is -2.36. The molecule has 1 aliphatic heterocycles. The number of carboxylic acid groups (broad SMARTS) is 1. The first-order chi connectivity index (χ1) is 9.71. The fraction of sp³-hybridized carbons (Fsp3) is 0.538. The summed E-state index contributed by atoms with van der Waals surface area (Å²) in [5.74, 6) is 0.445. The molecule has 2 aromatic rings. The van der Waals surface area contributed by atoms with Crippen LogP contribution in [0.3, 0.4) is 0 Å². The van der Waals surface area contributed by atoms with Crippen LogP contribution in [0.25, 0.3) is 5.65 Å². The lowest BCUT2D eigenvalue weighted by Gasteiger charge is -2.24. The molecule has 7 heteroatoms. The minimum atomic E-state index is -0.661. The van der Waals surface area contributed by atoms with Crippen molar-refractivity contribution in [3.63, 3.8) is 0 Å². The number of fused-ring (bicyclic) bond motifs is 2. The molecular weight excluding hydrogens is 258 g/mol. The lowest BCUT2D eigenvalue weighted by atomic mass is 9.81. The van der Waals surface area contributed by atoms with Crippen LogP contribution in [0.1, 0.15) is 19.3 Å². The monoisotopic (exact) mass is 273 g/mol. The van der Waals surface area contributed by atoms with Gasteiger partial charge in [0.05, 0.1) is 17.8 Å². The molecule has 2 aromatic heterocycles. The van der Waals surface area contributed by atoms with Crippen molar-refractivity contribution in [1.82, 2.24) is 19.6 Å². The van der Waals surface area contributed by atoms with Crippen molar-refractivity contribution in [2.75, 3.05) is 18.0 Å². The highest BCUT2D eigenvalue weighted by Gasteiger charge is 2.55. The molecular formula is C13H15N5O2. The third-order valence-corrected chi connectivity index (χ3v) is 4.82. The third-order valence-electron chi connectivity index (χ3n) is 4.82. The van der Waals surface area contributed by atoms with Crippen LogP contribution >= 0.6 is 0 Å². The van der Waals surface area contributed by atoms with Crippen molar-refractivity contribution in [3.05, 3.63) is 18.7 Å². The smallest absolute Gasteiger partial charge is 0.311 e. The average Bonchev–Trinajstić information content (AvgIpc) is 3.11. The van der Waals surface area contributed by atoms with E-state index in [2.05, 4.69) is 20.1 Å². The molecule has 2 fully saturated rings. The predicted molar refractivity (Wildman–Crippen MR) is 70.4 cm³/mol. The van der Waals surface area contributed by atoms with E-state index < -0.39 is 11.4 Å². The maximum atomic E-state index is 11.7. The van der Waals surface area contributed by atoms with Crippen LogP contribution in [-0.4, -0.2) is 43.7 Å². The summed E-state index contributed by atoms with van der Waals surface area (Å²) in [5.41, 5.74) is 0.0971. The zero-order valence-corrected chi connectivity index (χ0v) is 10.9. The highest BCUT2D eigenvalue weighted by molar-refractivity contribution is 5.77. The molecule has 0 spiro atoms. The van der Waals surface area contributed by atoms with Gasteiger partial charge in [-0.2, -0.15) is 0 Å². The molecule has 1 saturated heterocycles. The van der Waals surface area contributed by atoms with E-state index in [1.807, 2.05) is 4.40 Å². The molecule has 2 aliphatic rings. The van der Waals surface area contributed by atoms with E-state index in [0.717, 1.165) is 31.6 Å². The number of anilines is 1. The highest BCUT2D eigenvalue weighted by Crippen LogP contribution is 2.49. The summed E-state index contributed by atoms with van der Waals surface area (Å²) in [7, 11) is 0. The molecule has 104 valence electrons. The molecule has 1 N–H and O–H groups in total. The minimum Gasteiger partial charge on any atom is -0.481 e. The van der Waals surface area contributed by atoms with E-state index in [1.165, 1.54) is 0 Å². The quantitative estimate of drug-likeness (QED) is 0.872. The van der Waals surface area contributed by atoms with Gasteiger partial charge in [-0.15, -0.1) is 10.2 Å². The Balaban J connectivity index is 1.75. The van der Waals surface area contributed by atoms with Crippen molar-refractivity contribution in [2.24, 2.45) is 11.3 Å². The molecule has 0 radical (unpaired) electrons. The van der Waals surface area contributed by atoms with Gasteiger partial charge in [0, 0.05) is 13.1 Å². The van der Waals surface area contributed by atoms with Crippen LogP contribution in [0.5, 0.6) is 0 Å². The second kappa shape index (κ2) is 3.91. The Labute approximate surface area is 115 Å².